The Labute approximate surface area is 178 Å². The van der Waals surface area contributed by atoms with E-state index in [4.69, 9.17) is 11.6 Å². The molecule has 158 valence electrons. The summed E-state index contributed by atoms with van der Waals surface area (Å²) in [5.41, 5.74) is 1.33. The van der Waals surface area contributed by atoms with E-state index in [-0.39, 0.29) is 23.9 Å². The van der Waals surface area contributed by atoms with Crippen molar-refractivity contribution in [1.29, 1.82) is 0 Å². The van der Waals surface area contributed by atoms with Gasteiger partial charge in [-0.2, -0.15) is 0 Å². The maximum absolute atomic E-state index is 14.5. The summed E-state index contributed by atoms with van der Waals surface area (Å²) in [5, 5.41) is 7.45. The summed E-state index contributed by atoms with van der Waals surface area (Å²) < 4.78 is 14.5. The maximum Gasteiger partial charge on any atom is 0.317 e. The van der Waals surface area contributed by atoms with Gasteiger partial charge in [0.05, 0.1) is 17.3 Å². The largest absolute Gasteiger partial charge is 0.363 e. The number of fused-ring (bicyclic) bond motifs is 1. The first-order valence-electron chi connectivity index (χ1n) is 9.82. The van der Waals surface area contributed by atoms with Crippen LogP contribution in [0, 0.1) is 5.82 Å². The summed E-state index contributed by atoms with van der Waals surface area (Å²) in [5.74, 6) is -0.0720. The van der Waals surface area contributed by atoms with Gasteiger partial charge in [-0.15, -0.1) is 0 Å². The summed E-state index contributed by atoms with van der Waals surface area (Å²) >= 11 is 6.07. The van der Waals surface area contributed by atoms with Crippen LogP contribution in [0.4, 0.5) is 15.0 Å². The molecule has 3 aromatic heterocycles. The van der Waals surface area contributed by atoms with Gasteiger partial charge in [-0.1, -0.05) is 24.4 Å². The van der Waals surface area contributed by atoms with Gasteiger partial charge >= 0.3 is 6.03 Å². The Morgan fingerprint density at radius 1 is 1.23 bits per heavy atom. The highest BCUT2D eigenvalue weighted by molar-refractivity contribution is 6.31. The number of aromatic amines is 1. The Balaban J connectivity index is 1.61. The van der Waals surface area contributed by atoms with Crippen molar-refractivity contribution in [3.8, 4) is 11.4 Å². The zero-order valence-corrected chi connectivity index (χ0v) is 17.5. The van der Waals surface area contributed by atoms with Crippen molar-refractivity contribution in [3.63, 3.8) is 0 Å². The van der Waals surface area contributed by atoms with Crippen molar-refractivity contribution in [2.45, 2.75) is 37.8 Å². The monoisotopic (exact) mass is 431 g/mol. The second-order valence-electron chi connectivity index (χ2n) is 7.63. The first-order valence-corrected chi connectivity index (χ1v) is 10.2. The number of aromatic nitrogens is 4. The van der Waals surface area contributed by atoms with Crippen LogP contribution in [0.1, 0.15) is 25.7 Å². The molecule has 4 rings (SSSR count). The first-order chi connectivity index (χ1) is 14.4. The molecular formula is C20H23ClFN7O. The van der Waals surface area contributed by atoms with Crippen molar-refractivity contribution >= 4 is 34.5 Å². The first kappa shape index (κ1) is 20.3. The minimum atomic E-state index is -0.544. The molecular weight excluding hydrogens is 409 g/mol. The second-order valence-corrected chi connectivity index (χ2v) is 8.06. The molecule has 2 unspecified atom stereocenters. The van der Waals surface area contributed by atoms with Gasteiger partial charge in [-0.25, -0.2) is 24.1 Å². The molecule has 1 fully saturated rings. The van der Waals surface area contributed by atoms with Gasteiger partial charge in [-0.05, 0) is 18.9 Å². The lowest BCUT2D eigenvalue weighted by molar-refractivity contribution is 0.207. The van der Waals surface area contributed by atoms with E-state index in [1.165, 1.54) is 4.90 Å². The highest BCUT2D eigenvalue weighted by atomic mass is 35.5. The van der Waals surface area contributed by atoms with Crippen LogP contribution in [0.3, 0.4) is 0 Å². The van der Waals surface area contributed by atoms with E-state index >= 15 is 0 Å². The number of amides is 2. The number of hydrogen-bond acceptors (Lipinski definition) is 5. The number of nitrogens with one attached hydrogen (secondary N) is 3. The number of H-pyrrole nitrogens is 1. The molecule has 10 heteroatoms. The number of anilines is 1. The van der Waals surface area contributed by atoms with Gasteiger partial charge < -0.3 is 20.5 Å². The van der Waals surface area contributed by atoms with Crippen LogP contribution in [0.15, 0.2) is 24.7 Å². The smallest absolute Gasteiger partial charge is 0.317 e. The molecule has 1 aliphatic carbocycles. The van der Waals surface area contributed by atoms with Crippen LogP contribution in [0.2, 0.25) is 5.02 Å². The fraction of sp³-hybridized carbons (Fsp3) is 0.400. The quantitative estimate of drug-likeness (QED) is 0.583. The van der Waals surface area contributed by atoms with Gasteiger partial charge in [0.1, 0.15) is 5.65 Å². The van der Waals surface area contributed by atoms with Crippen molar-refractivity contribution in [1.82, 2.24) is 30.2 Å². The molecule has 3 N–H and O–H groups in total. The van der Waals surface area contributed by atoms with Gasteiger partial charge in [0, 0.05) is 43.5 Å². The van der Waals surface area contributed by atoms with E-state index in [9.17, 15) is 9.18 Å². The Kier molecular flexibility index (Phi) is 5.72. The van der Waals surface area contributed by atoms with E-state index in [0.29, 0.717) is 22.1 Å². The Morgan fingerprint density at radius 2 is 2.00 bits per heavy atom. The summed E-state index contributed by atoms with van der Waals surface area (Å²) in [6.07, 6.45) is 8.07. The summed E-state index contributed by atoms with van der Waals surface area (Å²) in [4.78, 5) is 29.5. The standard InChI is InChI=1S/C20H23ClFN7O/c1-29(2)20(30)27-16-6-4-3-5-15(16)26-19-14(22)10-25-18(28-19)13-9-24-17-12(13)7-11(21)8-23-17/h7-10,15-16H,3-6H2,1-2H3,(H,23,24)(H,27,30)(H,25,26,28). The molecule has 2 amide bonds. The molecule has 0 radical (unpaired) electrons. The van der Waals surface area contributed by atoms with Crippen molar-refractivity contribution in [2.75, 3.05) is 19.4 Å². The van der Waals surface area contributed by atoms with Crippen LogP contribution in [-0.2, 0) is 0 Å². The number of carbonyl (C=O) groups excluding carboxylic acids is 1. The number of rotatable bonds is 4. The predicted octanol–water partition coefficient (Wildman–Crippen LogP) is 3.81. The van der Waals surface area contributed by atoms with Gasteiger partial charge in [0.2, 0.25) is 0 Å². The number of nitrogens with zero attached hydrogens (tertiary/aromatic N) is 4. The third-order valence-electron chi connectivity index (χ3n) is 5.29. The minimum Gasteiger partial charge on any atom is -0.363 e. The van der Waals surface area contributed by atoms with E-state index in [1.807, 2.05) is 0 Å². The molecule has 3 heterocycles. The minimum absolute atomic E-state index is 0.109. The highest BCUT2D eigenvalue weighted by Gasteiger charge is 2.28. The normalized spacial score (nSPS) is 18.9. The van der Waals surface area contributed by atoms with E-state index in [0.717, 1.165) is 37.3 Å². The van der Waals surface area contributed by atoms with Crippen LogP contribution in [-0.4, -0.2) is 57.0 Å². The molecule has 8 nitrogen and oxygen atoms in total. The third-order valence-corrected chi connectivity index (χ3v) is 5.49. The zero-order chi connectivity index (χ0) is 21.3. The fourth-order valence-electron chi connectivity index (χ4n) is 3.70. The van der Waals surface area contributed by atoms with E-state index in [2.05, 4.69) is 30.6 Å². The molecule has 3 aromatic rings. The molecule has 2 atom stereocenters. The molecule has 0 saturated heterocycles. The molecule has 0 aliphatic heterocycles. The molecule has 0 aromatic carbocycles. The van der Waals surface area contributed by atoms with E-state index < -0.39 is 5.82 Å². The van der Waals surface area contributed by atoms with E-state index in [1.54, 1.807) is 32.6 Å². The lowest BCUT2D eigenvalue weighted by atomic mass is 9.90. The Bertz CT molecular complexity index is 1070. The van der Waals surface area contributed by atoms with Crippen molar-refractivity contribution in [3.05, 3.63) is 35.5 Å². The average Bonchev–Trinajstić information content (AvgIpc) is 3.14. The Morgan fingerprint density at radius 3 is 2.77 bits per heavy atom. The van der Waals surface area contributed by atoms with Crippen LogP contribution in [0.5, 0.6) is 0 Å². The number of carbonyl (C=O) groups is 1. The maximum atomic E-state index is 14.5. The number of urea groups is 1. The third kappa shape index (κ3) is 4.16. The average molecular weight is 432 g/mol. The summed E-state index contributed by atoms with van der Waals surface area (Å²) in [7, 11) is 3.39. The Hall–Kier alpha value is -2.94. The molecule has 30 heavy (non-hydrogen) atoms. The van der Waals surface area contributed by atoms with Gasteiger partial charge in [-0.3, -0.25) is 0 Å². The summed E-state index contributed by atoms with van der Waals surface area (Å²) in [6.45, 7) is 0. The molecule has 1 saturated carbocycles. The second kappa shape index (κ2) is 8.43. The van der Waals surface area contributed by atoms with Gasteiger partial charge in [0.25, 0.3) is 0 Å². The lowest BCUT2D eigenvalue weighted by Crippen LogP contribution is -2.51. The zero-order valence-electron chi connectivity index (χ0n) is 16.7. The fourth-order valence-corrected chi connectivity index (χ4v) is 3.86. The van der Waals surface area contributed by atoms with Gasteiger partial charge in [0.15, 0.2) is 17.5 Å². The van der Waals surface area contributed by atoms with Crippen molar-refractivity contribution in [2.24, 2.45) is 0 Å². The molecule has 0 spiro atoms. The SMILES string of the molecule is CN(C)C(=O)NC1CCCCC1Nc1nc(-c2c[nH]c3ncc(Cl)cc23)ncc1F. The summed E-state index contributed by atoms with van der Waals surface area (Å²) in [6, 6.07) is 1.37. The van der Waals surface area contributed by atoms with Crippen LogP contribution < -0.4 is 10.6 Å². The predicted molar refractivity (Wildman–Crippen MR) is 114 cm³/mol. The molecule has 0 bridgehead atoms. The number of hydrogen-bond donors (Lipinski definition) is 3. The highest BCUT2D eigenvalue weighted by Crippen LogP contribution is 2.29. The van der Waals surface area contributed by atoms with Crippen LogP contribution >= 0.6 is 11.6 Å². The van der Waals surface area contributed by atoms with Crippen LogP contribution in [0.25, 0.3) is 22.4 Å². The lowest BCUT2D eigenvalue weighted by Gasteiger charge is -2.33. The number of halogens is 2. The topological polar surface area (TPSA) is 98.8 Å². The number of pyridine rings is 1. The molecule has 1 aliphatic rings. The van der Waals surface area contributed by atoms with Crippen molar-refractivity contribution < 1.29 is 9.18 Å².